The molecule has 0 spiro atoms. The molecule has 2 aromatic carbocycles. The first-order valence-corrected chi connectivity index (χ1v) is 12.8. The van der Waals surface area contributed by atoms with Crippen LogP contribution in [0, 0.1) is 0 Å². The molecule has 0 bridgehead atoms. The van der Waals surface area contributed by atoms with Crippen LogP contribution in [-0.2, 0) is 16.0 Å². The van der Waals surface area contributed by atoms with Gasteiger partial charge in [-0.05, 0) is 30.0 Å². The number of rotatable bonds is 8. The SMILES string of the molecule is CCc1ccc(/C=C2/SC(=S)N(CCCC(=O)Nc3nc(-c4ccccc4)cs3)C2=O)cc1. The molecule has 8 heteroatoms. The van der Waals surface area contributed by atoms with E-state index in [1.165, 1.54) is 28.7 Å². The number of thioether (sulfide) groups is 1. The highest BCUT2D eigenvalue weighted by atomic mass is 32.2. The largest absolute Gasteiger partial charge is 0.302 e. The van der Waals surface area contributed by atoms with Crippen molar-refractivity contribution in [1.82, 2.24) is 9.88 Å². The van der Waals surface area contributed by atoms with Crippen LogP contribution in [0.2, 0.25) is 0 Å². The van der Waals surface area contributed by atoms with Gasteiger partial charge in [0.25, 0.3) is 5.91 Å². The van der Waals surface area contributed by atoms with E-state index in [1.807, 2.05) is 53.9 Å². The molecule has 0 saturated carbocycles. The normalized spacial score (nSPS) is 14.8. The molecular formula is C25H23N3O2S3. The van der Waals surface area contributed by atoms with Crippen molar-refractivity contribution in [3.8, 4) is 11.3 Å². The Hall–Kier alpha value is -2.81. The third kappa shape index (κ3) is 5.96. The van der Waals surface area contributed by atoms with Crippen LogP contribution in [-0.4, -0.2) is 32.6 Å². The van der Waals surface area contributed by atoms with E-state index >= 15 is 0 Å². The summed E-state index contributed by atoms with van der Waals surface area (Å²) in [7, 11) is 0. The lowest BCUT2D eigenvalue weighted by Crippen LogP contribution is -2.29. The molecule has 1 fully saturated rings. The Morgan fingerprint density at radius 1 is 1.15 bits per heavy atom. The maximum atomic E-state index is 12.8. The van der Waals surface area contributed by atoms with Crippen molar-refractivity contribution in [3.05, 3.63) is 76.0 Å². The minimum Gasteiger partial charge on any atom is -0.302 e. The Bertz CT molecular complexity index is 1190. The molecule has 2 heterocycles. The summed E-state index contributed by atoms with van der Waals surface area (Å²) < 4.78 is 0.532. The van der Waals surface area contributed by atoms with E-state index in [-0.39, 0.29) is 18.2 Å². The third-order valence-corrected chi connectivity index (χ3v) is 7.30. The molecule has 3 aromatic rings. The van der Waals surface area contributed by atoms with Crippen LogP contribution < -0.4 is 5.32 Å². The van der Waals surface area contributed by atoms with Gasteiger partial charge in [0.2, 0.25) is 5.91 Å². The number of hydrogen-bond acceptors (Lipinski definition) is 6. The molecule has 33 heavy (non-hydrogen) atoms. The van der Waals surface area contributed by atoms with Crippen LogP contribution in [0.4, 0.5) is 5.13 Å². The summed E-state index contributed by atoms with van der Waals surface area (Å²) in [5, 5.41) is 5.34. The van der Waals surface area contributed by atoms with Crippen LogP contribution in [0.3, 0.4) is 0 Å². The molecule has 4 rings (SSSR count). The van der Waals surface area contributed by atoms with E-state index in [1.54, 1.807) is 4.90 Å². The van der Waals surface area contributed by atoms with E-state index in [4.69, 9.17) is 12.2 Å². The average Bonchev–Trinajstić information content (AvgIpc) is 3.40. The summed E-state index contributed by atoms with van der Waals surface area (Å²) in [6.07, 6.45) is 3.66. The Labute approximate surface area is 206 Å². The maximum Gasteiger partial charge on any atom is 0.266 e. The van der Waals surface area contributed by atoms with Gasteiger partial charge in [0, 0.05) is 23.9 Å². The third-order valence-electron chi connectivity index (χ3n) is 5.16. The van der Waals surface area contributed by atoms with Gasteiger partial charge in [0.15, 0.2) is 5.13 Å². The minimum absolute atomic E-state index is 0.0996. The molecule has 0 unspecified atom stereocenters. The van der Waals surface area contributed by atoms with E-state index in [0.717, 1.165) is 23.2 Å². The Kier molecular flexibility index (Phi) is 7.69. The van der Waals surface area contributed by atoms with Crippen LogP contribution in [0.25, 0.3) is 17.3 Å². The first kappa shape index (κ1) is 23.4. The Balaban J connectivity index is 1.28. The van der Waals surface area contributed by atoms with Gasteiger partial charge in [-0.3, -0.25) is 14.5 Å². The Morgan fingerprint density at radius 3 is 2.64 bits per heavy atom. The molecule has 1 N–H and O–H groups in total. The highest BCUT2D eigenvalue weighted by Crippen LogP contribution is 2.33. The fourth-order valence-electron chi connectivity index (χ4n) is 3.35. The number of nitrogens with zero attached hydrogens (tertiary/aromatic N) is 2. The van der Waals surface area contributed by atoms with Crippen molar-refractivity contribution in [1.29, 1.82) is 0 Å². The zero-order valence-corrected chi connectivity index (χ0v) is 20.6. The van der Waals surface area contributed by atoms with E-state index < -0.39 is 0 Å². The molecule has 1 aromatic heterocycles. The van der Waals surface area contributed by atoms with Gasteiger partial charge in [-0.1, -0.05) is 85.5 Å². The second kappa shape index (κ2) is 10.9. The van der Waals surface area contributed by atoms with Crippen LogP contribution in [0.1, 0.15) is 30.9 Å². The van der Waals surface area contributed by atoms with Crippen molar-refractivity contribution in [3.63, 3.8) is 0 Å². The summed E-state index contributed by atoms with van der Waals surface area (Å²) in [6.45, 7) is 2.52. The number of anilines is 1. The summed E-state index contributed by atoms with van der Waals surface area (Å²) in [5.41, 5.74) is 4.08. The molecular weight excluding hydrogens is 470 g/mol. The van der Waals surface area contributed by atoms with E-state index in [2.05, 4.69) is 29.4 Å². The number of hydrogen-bond donors (Lipinski definition) is 1. The summed E-state index contributed by atoms with van der Waals surface area (Å²) >= 11 is 8.11. The highest BCUT2D eigenvalue weighted by molar-refractivity contribution is 8.26. The van der Waals surface area contributed by atoms with Crippen molar-refractivity contribution in [2.24, 2.45) is 0 Å². The van der Waals surface area contributed by atoms with Gasteiger partial charge in [-0.2, -0.15) is 0 Å². The van der Waals surface area contributed by atoms with Gasteiger partial charge in [-0.15, -0.1) is 11.3 Å². The lowest BCUT2D eigenvalue weighted by atomic mass is 10.1. The lowest BCUT2D eigenvalue weighted by Gasteiger charge is -2.13. The van der Waals surface area contributed by atoms with Crippen LogP contribution in [0.15, 0.2) is 64.9 Å². The van der Waals surface area contributed by atoms with Gasteiger partial charge in [-0.25, -0.2) is 4.98 Å². The first-order chi connectivity index (χ1) is 16.0. The monoisotopic (exact) mass is 493 g/mol. The van der Waals surface area contributed by atoms with E-state index in [9.17, 15) is 9.59 Å². The number of carbonyl (C=O) groups is 2. The molecule has 1 aliphatic rings. The molecule has 0 atom stereocenters. The van der Waals surface area contributed by atoms with Crippen LogP contribution in [0.5, 0.6) is 0 Å². The fourth-order valence-corrected chi connectivity index (χ4v) is 5.39. The lowest BCUT2D eigenvalue weighted by molar-refractivity contribution is -0.122. The quantitative estimate of drug-likeness (QED) is 0.308. The molecule has 0 radical (unpaired) electrons. The summed E-state index contributed by atoms with van der Waals surface area (Å²) in [5.74, 6) is -0.224. The maximum absolute atomic E-state index is 12.8. The number of aryl methyl sites for hydroxylation is 1. The second-order valence-electron chi connectivity index (χ2n) is 7.48. The number of thiazole rings is 1. The van der Waals surface area contributed by atoms with Gasteiger partial charge in [0.05, 0.1) is 10.6 Å². The predicted octanol–water partition coefficient (Wildman–Crippen LogP) is 5.99. The number of amides is 2. The van der Waals surface area contributed by atoms with Crippen LogP contribution >= 0.6 is 35.3 Å². The van der Waals surface area contributed by atoms with Crippen molar-refractivity contribution >= 4 is 62.7 Å². The number of nitrogens with one attached hydrogen (secondary N) is 1. The van der Waals surface area contributed by atoms with Crippen molar-refractivity contribution < 1.29 is 9.59 Å². The Morgan fingerprint density at radius 2 is 1.91 bits per heavy atom. The van der Waals surface area contributed by atoms with Gasteiger partial charge in [0.1, 0.15) is 4.32 Å². The van der Waals surface area contributed by atoms with Crippen molar-refractivity contribution in [2.75, 3.05) is 11.9 Å². The molecule has 0 aliphatic carbocycles. The second-order valence-corrected chi connectivity index (χ2v) is 10.0. The number of thiocarbonyl (C=S) groups is 1. The standard InChI is InChI=1S/C25H23N3O2S3/c1-2-17-10-12-18(13-11-17)15-21-23(30)28(25(31)33-21)14-6-9-22(29)27-24-26-20(16-32-24)19-7-4-3-5-8-19/h3-5,7-8,10-13,15-16H,2,6,9,14H2,1H3,(H,26,27,29)/b21-15+. The molecule has 2 amide bonds. The highest BCUT2D eigenvalue weighted by Gasteiger charge is 2.31. The molecule has 168 valence electrons. The zero-order chi connectivity index (χ0) is 23.2. The fraction of sp³-hybridized carbons (Fsp3) is 0.200. The molecule has 5 nitrogen and oxygen atoms in total. The number of carbonyl (C=O) groups excluding carboxylic acids is 2. The topological polar surface area (TPSA) is 62.3 Å². The van der Waals surface area contributed by atoms with Gasteiger partial charge < -0.3 is 5.32 Å². The number of benzene rings is 2. The average molecular weight is 494 g/mol. The zero-order valence-electron chi connectivity index (χ0n) is 18.1. The molecule has 1 aliphatic heterocycles. The molecule has 1 saturated heterocycles. The summed E-state index contributed by atoms with van der Waals surface area (Å²) in [6, 6.07) is 18.0. The predicted molar refractivity (Wildman–Crippen MR) is 141 cm³/mol. The first-order valence-electron chi connectivity index (χ1n) is 10.7. The van der Waals surface area contributed by atoms with Gasteiger partial charge >= 0.3 is 0 Å². The van der Waals surface area contributed by atoms with Crippen molar-refractivity contribution in [2.45, 2.75) is 26.2 Å². The minimum atomic E-state index is -0.124. The summed E-state index contributed by atoms with van der Waals surface area (Å²) in [4.78, 5) is 31.8. The number of aromatic nitrogens is 1. The van der Waals surface area contributed by atoms with E-state index in [0.29, 0.717) is 27.3 Å². The smallest absolute Gasteiger partial charge is 0.266 e.